The van der Waals surface area contributed by atoms with Gasteiger partial charge in [-0.05, 0) is 12.1 Å². The molecule has 60 valence electrons. The van der Waals surface area contributed by atoms with Crippen LogP contribution in [0.5, 0.6) is 0 Å². The molecule has 0 N–H and O–H groups in total. The smallest absolute Gasteiger partial charge is 0.0543 e. The van der Waals surface area contributed by atoms with E-state index in [4.69, 9.17) is 4.74 Å². The molecule has 0 fully saturated rings. The summed E-state index contributed by atoms with van der Waals surface area (Å²) in [5.41, 5.74) is 1.09. The molecule has 0 aliphatic heterocycles. The van der Waals surface area contributed by atoms with E-state index in [-0.39, 0.29) is 0 Å². The van der Waals surface area contributed by atoms with Gasteiger partial charge in [0, 0.05) is 24.9 Å². The maximum atomic E-state index is 5.02. The molecular formula is C9H13NO. The van der Waals surface area contributed by atoms with Crippen LogP contribution in [0, 0.1) is 0 Å². The largest absolute Gasteiger partial charge is 0.384 e. The fourth-order valence-corrected chi connectivity index (χ4v) is 1.00. The van der Waals surface area contributed by atoms with Crippen LogP contribution < -0.4 is 0 Å². The number of ether oxygens (including phenoxy) is 1. The second-order valence-corrected chi connectivity index (χ2v) is 2.61. The van der Waals surface area contributed by atoms with Gasteiger partial charge in [0.25, 0.3) is 0 Å². The van der Waals surface area contributed by atoms with Crippen molar-refractivity contribution in [1.82, 2.24) is 4.98 Å². The second-order valence-electron chi connectivity index (χ2n) is 2.61. The molecule has 2 heteroatoms. The Morgan fingerprint density at radius 1 is 1.55 bits per heavy atom. The number of rotatable bonds is 3. The SMILES string of the molecule is COC[C@@H](C)c1ccccn1. The van der Waals surface area contributed by atoms with Gasteiger partial charge >= 0.3 is 0 Å². The first kappa shape index (κ1) is 8.21. The molecule has 0 unspecified atom stereocenters. The van der Waals surface area contributed by atoms with E-state index < -0.39 is 0 Å². The molecule has 0 saturated carbocycles. The summed E-state index contributed by atoms with van der Waals surface area (Å²) in [6, 6.07) is 5.93. The second kappa shape index (κ2) is 4.09. The van der Waals surface area contributed by atoms with Crippen molar-refractivity contribution < 1.29 is 4.74 Å². The molecule has 1 rings (SSSR count). The molecule has 1 atom stereocenters. The van der Waals surface area contributed by atoms with Crippen molar-refractivity contribution in [2.45, 2.75) is 12.8 Å². The van der Waals surface area contributed by atoms with Gasteiger partial charge in [-0.25, -0.2) is 0 Å². The van der Waals surface area contributed by atoms with Crippen molar-refractivity contribution in [3.05, 3.63) is 30.1 Å². The molecule has 1 aromatic rings. The van der Waals surface area contributed by atoms with E-state index in [0.29, 0.717) is 5.92 Å². The molecule has 0 saturated heterocycles. The Balaban J connectivity index is 2.61. The van der Waals surface area contributed by atoms with Gasteiger partial charge in [0.2, 0.25) is 0 Å². The predicted octanol–water partition coefficient (Wildman–Crippen LogP) is 1.83. The van der Waals surface area contributed by atoms with Gasteiger partial charge in [0.1, 0.15) is 0 Å². The van der Waals surface area contributed by atoms with Crippen molar-refractivity contribution >= 4 is 0 Å². The Hall–Kier alpha value is -0.890. The molecule has 0 spiro atoms. The van der Waals surface area contributed by atoms with Crippen LogP contribution in [-0.4, -0.2) is 18.7 Å². The summed E-state index contributed by atoms with van der Waals surface area (Å²) in [5.74, 6) is 0.390. The molecule has 0 bridgehead atoms. The van der Waals surface area contributed by atoms with E-state index in [2.05, 4.69) is 11.9 Å². The Labute approximate surface area is 67.2 Å². The summed E-state index contributed by atoms with van der Waals surface area (Å²) in [5, 5.41) is 0. The maximum Gasteiger partial charge on any atom is 0.0543 e. The first-order chi connectivity index (χ1) is 5.34. The highest BCUT2D eigenvalue weighted by atomic mass is 16.5. The van der Waals surface area contributed by atoms with Crippen LogP contribution >= 0.6 is 0 Å². The summed E-state index contributed by atoms with van der Waals surface area (Å²) in [6.45, 7) is 2.84. The Kier molecular flexibility index (Phi) is 3.05. The van der Waals surface area contributed by atoms with Gasteiger partial charge in [-0.15, -0.1) is 0 Å². The summed E-state index contributed by atoms with van der Waals surface area (Å²) < 4.78 is 5.02. The van der Waals surface area contributed by atoms with Crippen molar-refractivity contribution in [2.75, 3.05) is 13.7 Å². The van der Waals surface area contributed by atoms with Gasteiger partial charge in [-0.1, -0.05) is 13.0 Å². The van der Waals surface area contributed by atoms with Gasteiger partial charge < -0.3 is 4.74 Å². The summed E-state index contributed by atoms with van der Waals surface area (Å²) in [6.07, 6.45) is 1.81. The zero-order chi connectivity index (χ0) is 8.10. The molecule has 0 aliphatic rings. The Morgan fingerprint density at radius 2 is 2.36 bits per heavy atom. The topological polar surface area (TPSA) is 22.1 Å². The van der Waals surface area contributed by atoms with Crippen LogP contribution in [0.3, 0.4) is 0 Å². The zero-order valence-electron chi connectivity index (χ0n) is 6.95. The number of nitrogens with zero attached hydrogens (tertiary/aromatic N) is 1. The van der Waals surface area contributed by atoms with Crippen LogP contribution in [-0.2, 0) is 4.74 Å². The van der Waals surface area contributed by atoms with Crippen LogP contribution in [0.25, 0.3) is 0 Å². The highest BCUT2D eigenvalue weighted by Gasteiger charge is 2.03. The normalized spacial score (nSPS) is 12.9. The molecule has 0 aromatic carbocycles. The first-order valence-corrected chi connectivity index (χ1v) is 3.74. The van der Waals surface area contributed by atoms with E-state index in [1.165, 1.54) is 0 Å². The van der Waals surface area contributed by atoms with Crippen molar-refractivity contribution in [3.8, 4) is 0 Å². The number of hydrogen-bond acceptors (Lipinski definition) is 2. The molecule has 2 nitrogen and oxygen atoms in total. The minimum Gasteiger partial charge on any atom is -0.384 e. The van der Waals surface area contributed by atoms with Gasteiger partial charge in [0.05, 0.1) is 6.61 Å². The average molecular weight is 151 g/mol. The quantitative estimate of drug-likeness (QED) is 0.657. The van der Waals surface area contributed by atoms with E-state index in [1.807, 2.05) is 24.4 Å². The Morgan fingerprint density at radius 3 is 2.91 bits per heavy atom. The van der Waals surface area contributed by atoms with E-state index in [9.17, 15) is 0 Å². The third-order valence-electron chi connectivity index (χ3n) is 1.61. The van der Waals surface area contributed by atoms with Crippen LogP contribution in [0.1, 0.15) is 18.5 Å². The monoisotopic (exact) mass is 151 g/mol. The average Bonchev–Trinajstić information content (AvgIpc) is 2.07. The molecule has 1 heterocycles. The molecule has 0 amide bonds. The van der Waals surface area contributed by atoms with E-state index in [0.717, 1.165) is 12.3 Å². The lowest BCUT2D eigenvalue weighted by Crippen LogP contribution is -2.03. The molecule has 0 radical (unpaired) electrons. The highest BCUT2D eigenvalue weighted by Crippen LogP contribution is 2.10. The lowest BCUT2D eigenvalue weighted by atomic mass is 10.1. The van der Waals surface area contributed by atoms with E-state index >= 15 is 0 Å². The zero-order valence-corrected chi connectivity index (χ0v) is 6.95. The fourth-order valence-electron chi connectivity index (χ4n) is 1.00. The standard InChI is InChI=1S/C9H13NO/c1-8(7-11-2)9-5-3-4-6-10-9/h3-6,8H,7H2,1-2H3/t8-/m1/s1. The van der Waals surface area contributed by atoms with Gasteiger partial charge in [-0.3, -0.25) is 4.98 Å². The molecular weight excluding hydrogens is 138 g/mol. The predicted molar refractivity (Wildman–Crippen MR) is 44.5 cm³/mol. The summed E-state index contributed by atoms with van der Waals surface area (Å²) >= 11 is 0. The third-order valence-corrected chi connectivity index (χ3v) is 1.61. The molecule has 11 heavy (non-hydrogen) atoms. The maximum absolute atomic E-state index is 5.02. The summed E-state index contributed by atoms with van der Waals surface area (Å²) in [7, 11) is 1.71. The van der Waals surface area contributed by atoms with Gasteiger partial charge in [0.15, 0.2) is 0 Å². The van der Waals surface area contributed by atoms with Crippen LogP contribution in [0.4, 0.5) is 0 Å². The first-order valence-electron chi connectivity index (χ1n) is 3.74. The van der Waals surface area contributed by atoms with Crippen molar-refractivity contribution in [3.63, 3.8) is 0 Å². The number of hydrogen-bond donors (Lipinski definition) is 0. The molecule has 0 aliphatic carbocycles. The minimum atomic E-state index is 0.390. The number of aromatic nitrogens is 1. The number of pyridine rings is 1. The minimum absolute atomic E-state index is 0.390. The lowest BCUT2D eigenvalue weighted by molar-refractivity contribution is 0.183. The third kappa shape index (κ3) is 2.31. The number of methoxy groups -OCH3 is 1. The van der Waals surface area contributed by atoms with Crippen molar-refractivity contribution in [1.29, 1.82) is 0 Å². The summed E-state index contributed by atoms with van der Waals surface area (Å²) in [4.78, 5) is 4.22. The van der Waals surface area contributed by atoms with Gasteiger partial charge in [-0.2, -0.15) is 0 Å². The Bertz CT molecular complexity index is 198. The lowest BCUT2D eigenvalue weighted by Gasteiger charge is -2.07. The van der Waals surface area contributed by atoms with Crippen LogP contribution in [0.15, 0.2) is 24.4 Å². The highest BCUT2D eigenvalue weighted by molar-refractivity contribution is 5.08. The van der Waals surface area contributed by atoms with Crippen LogP contribution in [0.2, 0.25) is 0 Å². The fraction of sp³-hybridized carbons (Fsp3) is 0.444. The molecule has 1 aromatic heterocycles. The van der Waals surface area contributed by atoms with E-state index in [1.54, 1.807) is 7.11 Å². The van der Waals surface area contributed by atoms with Crippen molar-refractivity contribution in [2.24, 2.45) is 0 Å².